The highest BCUT2D eigenvalue weighted by Crippen LogP contribution is 2.37. The largest absolute Gasteiger partial charge is 0.344 e. The Bertz CT molecular complexity index is 1430. The van der Waals surface area contributed by atoms with E-state index in [4.69, 9.17) is 0 Å². The molecule has 5 aromatic rings. The van der Waals surface area contributed by atoms with Crippen molar-refractivity contribution in [2.45, 2.75) is 12.8 Å². The first kappa shape index (κ1) is 18.9. The van der Waals surface area contributed by atoms with E-state index < -0.39 is 0 Å². The van der Waals surface area contributed by atoms with Gasteiger partial charge in [-0.3, -0.25) is 0 Å². The maximum absolute atomic E-state index is 2.40. The first-order valence-electron chi connectivity index (χ1n) is 11.3. The molecule has 1 aliphatic carbocycles. The molecule has 1 aliphatic rings. The SMILES string of the molecule is CN(c1ccccc1)c1cccc2cc(Cc3ccc4c(c3)Cc3ccccc3-4)ccc12. The summed E-state index contributed by atoms with van der Waals surface area (Å²) >= 11 is 0. The van der Waals surface area contributed by atoms with Crippen molar-refractivity contribution < 1.29 is 0 Å². The van der Waals surface area contributed by atoms with E-state index in [9.17, 15) is 0 Å². The van der Waals surface area contributed by atoms with Crippen LogP contribution in [0.15, 0.2) is 109 Å². The zero-order chi connectivity index (χ0) is 21.5. The summed E-state index contributed by atoms with van der Waals surface area (Å²) in [4.78, 5) is 2.26. The Morgan fingerprint density at radius 2 is 1.38 bits per heavy atom. The quantitative estimate of drug-likeness (QED) is 0.286. The van der Waals surface area contributed by atoms with Crippen LogP contribution in [0.4, 0.5) is 11.4 Å². The zero-order valence-electron chi connectivity index (χ0n) is 18.3. The maximum Gasteiger partial charge on any atom is 0.0487 e. The molecule has 0 radical (unpaired) electrons. The Labute approximate surface area is 189 Å². The van der Waals surface area contributed by atoms with Gasteiger partial charge in [0.1, 0.15) is 0 Å². The minimum atomic E-state index is 0.957. The van der Waals surface area contributed by atoms with Crippen molar-refractivity contribution in [1.82, 2.24) is 0 Å². The van der Waals surface area contributed by atoms with Gasteiger partial charge in [0.25, 0.3) is 0 Å². The summed E-state index contributed by atoms with van der Waals surface area (Å²) in [5, 5.41) is 2.57. The van der Waals surface area contributed by atoms with Crippen LogP contribution in [0.5, 0.6) is 0 Å². The van der Waals surface area contributed by atoms with Gasteiger partial charge in [-0.05, 0) is 69.8 Å². The van der Waals surface area contributed by atoms with Gasteiger partial charge in [0, 0.05) is 23.8 Å². The van der Waals surface area contributed by atoms with Gasteiger partial charge in [-0.2, -0.15) is 0 Å². The lowest BCUT2D eigenvalue weighted by Gasteiger charge is -2.21. The van der Waals surface area contributed by atoms with Crippen LogP contribution >= 0.6 is 0 Å². The highest BCUT2D eigenvalue weighted by Gasteiger charge is 2.18. The molecular formula is C31H25N. The number of para-hydroxylation sites is 1. The topological polar surface area (TPSA) is 3.24 Å². The standard InChI is InChI=1S/C31H25N/c1-32(27-10-3-2-4-11-27)31-13-7-9-24-19-22(15-17-30(24)31)18-23-14-16-29-26(20-23)21-25-8-5-6-12-28(25)29/h2-17,19-20H,18,21H2,1H3. The molecule has 154 valence electrons. The van der Waals surface area contributed by atoms with Crippen LogP contribution in [0.3, 0.4) is 0 Å². The summed E-state index contributed by atoms with van der Waals surface area (Å²) in [5.74, 6) is 0. The Balaban J connectivity index is 1.30. The minimum absolute atomic E-state index is 0.957. The fourth-order valence-corrected chi connectivity index (χ4v) is 5.05. The summed E-state index contributed by atoms with van der Waals surface area (Å²) in [5.41, 5.74) is 10.9. The van der Waals surface area contributed by atoms with Gasteiger partial charge < -0.3 is 4.90 Å². The number of rotatable bonds is 4. The number of hydrogen-bond donors (Lipinski definition) is 0. The lowest BCUT2D eigenvalue weighted by atomic mass is 9.97. The van der Waals surface area contributed by atoms with Gasteiger partial charge >= 0.3 is 0 Å². The van der Waals surface area contributed by atoms with E-state index in [0.717, 1.165) is 12.8 Å². The Hall–Kier alpha value is -3.84. The van der Waals surface area contributed by atoms with Crippen LogP contribution in [0.25, 0.3) is 21.9 Å². The second-order valence-corrected chi connectivity index (χ2v) is 8.73. The first-order chi connectivity index (χ1) is 15.8. The monoisotopic (exact) mass is 411 g/mol. The summed E-state index contributed by atoms with van der Waals surface area (Å²) in [7, 11) is 2.14. The second kappa shape index (κ2) is 7.69. The molecule has 32 heavy (non-hydrogen) atoms. The number of anilines is 2. The Kier molecular flexibility index (Phi) is 4.54. The average molecular weight is 412 g/mol. The van der Waals surface area contributed by atoms with Crippen molar-refractivity contribution in [3.63, 3.8) is 0 Å². The van der Waals surface area contributed by atoms with E-state index in [0.29, 0.717) is 0 Å². The van der Waals surface area contributed by atoms with Crippen LogP contribution in [-0.2, 0) is 12.8 Å². The van der Waals surface area contributed by atoms with Crippen molar-refractivity contribution in [3.8, 4) is 11.1 Å². The molecule has 1 heteroatoms. The third-order valence-corrected chi connectivity index (χ3v) is 6.69. The molecule has 0 spiro atoms. The van der Waals surface area contributed by atoms with Crippen LogP contribution in [-0.4, -0.2) is 7.05 Å². The van der Waals surface area contributed by atoms with Gasteiger partial charge in [0.15, 0.2) is 0 Å². The number of fused-ring (bicyclic) bond motifs is 4. The molecular weight excluding hydrogens is 386 g/mol. The van der Waals surface area contributed by atoms with Crippen molar-refractivity contribution in [2.24, 2.45) is 0 Å². The predicted molar refractivity (Wildman–Crippen MR) is 136 cm³/mol. The summed E-state index contributed by atoms with van der Waals surface area (Å²) < 4.78 is 0. The first-order valence-corrected chi connectivity index (χ1v) is 11.3. The molecule has 0 amide bonds. The van der Waals surface area contributed by atoms with Crippen molar-refractivity contribution >= 4 is 22.1 Å². The van der Waals surface area contributed by atoms with Gasteiger partial charge in [-0.25, -0.2) is 0 Å². The molecule has 0 N–H and O–H groups in total. The smallest absolute Gasteiger partial charge is 0.0487 e. The van der Waals surface area contributed by atoms with E-state index in [1.807, 2.05) is 0 Å². The average Bonchev–Trinajstić information content (AvgIpc) is 3.21. The molecule has 0 bridgehead atoms. The van der Waals surface area contributed by atoms with Crippen LogP contribution in [0.2, 0.25) is 0 Å². The maximum atomic E-state index is 2.40. The van der Waals surface area contributed by atoms with E-state index in [1.165, 1.54) is 55.5 Å². The normalized spacial score (nSPS) is 11.9. The molecule has 0 saturated heterocycles. The van der Waals surface area contributed by atoms with E-state index >= 15 is 0 Å². The molecule has 0 aliphatic heterocycles. The number of benzene rings is 5. The highest BCUT2D eigenvalue weighted by molar-refractivity contribution is 5.96. The van der Waals surface area contributed by atoms with Gasteiger partial charge in [-0.15, -0.1) is 0 Å². The van der Waals surface area contributed by atoms with Gasteiger partial charge in [-0.1, -0.05) is 91.0 Å². The Morgan fingerprint density at radius 1 is 0.625 bits per heavy atom. The molecule has 0 aromatic heterocycles. The van der Waals surface area contributed by atoms with E-state index in [1.54, 1.807) is 0 Å². The molecule has 5 aromatic carbocycles. The summed E-state index contributed by atoms with van der Waals surface area (Å²) in [6.45, 7) is 0. The van der Waals surface area contributed by atoms with Crippen LogP contribution in [0, 0.1) is 0 Å². The molecule has 1 nitrogen and oxygen atoms in total. The third kappa shape index (κ3) is 3.27. The second-order valence-electron chi connectivity index (χ2n) is 8.73. The van der Waals surface area contributed by atoms with E-state index in [2.05, 4.69) is 121 Å². The van der Waals surface area contributed by atoms with Crippen molar-refractivity contribution in [3.05, 3.63) is 131 Å². The number of nitrogens with zero attached hydrogens (tertiary/aromatic N) is 1. The summed E-state index contributed by atoms with van der Waals surface area (Å²) in [6, 6.07) is 39.8. The molecule has 0 atom stereocenters. The van der Waals surface area contributed by atoms with Crippen LogP contribution < -0.4 is 4.90 Å². The lowest BCUT2D eigenvalue weighted by Crippen LogP contribution is -2.09. The number of hydrogen-bond acceptors (Lipinski definition) is 1. The summed E-state index contributed by atoms with van der Waals surface area (Å²) in [6.07, 6.45) is 2.00. The molecule has 6 rings (SSSR count). The fourth-order valence-electron chi connectivity index (χ4n) is 5.05. The predicted octanol–water partition coefficient (Wildman–Crippen LogP) is 7.77. The van der Waals surface area contributed by atoms with Gasteiger partial charge in [0.05, 0.1) is 0 Å². The highest BCUT2D eigenvalue weighted by atomic mass is 15.1. The third-order valence-electron chi connectivity index (χ3n) is 6.69. The van der Waals surface area contributed by atoms with Crippen LogP contribution in [0.1, 0.15) is 22.3 Å². The lowest BCUT2D eigenvalue weighted by molar-refractivity contribution is 1.17. The Morgan fingerprint density at radius 3 is 2.28 bits per heavy atom. The fraction of sp³-hybridized carbons (Fsp3) is 0.0968. The van der Waals surface area contributed by atoms with Crippen molar-refractivity contribution in [1.29, 1.82) is 0 Å². The minimum Gasteiger partial charge on any atom is -0.344 e. The van der Waals surface area contributed by atoms with E-state index in [-0.39, 0.29) is 0 Å². The van der Waals surface area contributed by atoms with Crippen molar-refractivity contribution in [2.75, 3.05) is 11.9 Å². The molecule has 0 heterocycles. The molecule has 0 unspecified atom stereocenters. The molecule has 0 saturated carbocycles. The van der Waals surface area contributed by atoms with Gasteiger partial charge in [0.2, 0.25) is 0 Å². The zero-order valence-corrected chi connectivity index (χ0v) is 18.3. The molecule has 0 fully saturated rings.